The van der Waals surface area contributed by atoms with Crippen molar-refractivity contribution in [1.82, 2.24) is 9.71 Å². The minimum Gasteiger partial charge on any atom is -0.460 e. The van der Waals surface area contributed by atoms with Gasteiger partial charge in [-0.05, 0) is 51.7 Å². The van der Waals surface area contributed by atoms with E-state index in [0.717, 1.165) is 48.4 Å². The van der Waals surface area contributed by atoms with E-state index in [1.807, 2.05) is 32.0 Å². The molecule has 4 nitrogen and oxygen atoms in total. The molecule has 2 atom stereocenters. The molecule has 0 aliphatic heterocycles. The highest BCUT2D eigenvalue weighted by Gasteiger charge is 2.30. The third kappa shape index (κ3) is 6.44. The van der Waals surface area contributed by atoms with Gasteiger partial charge in [-0.25, -0.2) is 4.79 Å². The Hall–Kier alpha value is -2.11. The summed E-state index contributed by atoms with van der Waals surface area (Å²) in [6.45, 7) is 5.92. The van der Waals surface area contributed by atoms with Crippen LogP contribution in [0.4, 0.5) is 0 Å². The molecule has 2 aromatic rings. The quantitative estimate of drug-likeness (QED) is 0.340. The number of esters is 1. The standard InChI is InChI=1S/C25H32N2O2S/c1-4-30-27-24-15-8-12-20(16-25(28)29-18(2)3)22(24)17-21-13-9-14-23(26-21)19-10-6-5-7-11-19/h5-7,9-11,13-14,16,18,22,24,27H,4,8,12,15,17H2,1-3H3/b20-16-. The highest BCUT2D eigenvalue weighted by Crippen LogP contribution is 2.33. The molecular weight excluding hydrogens is 392 g/mol. The van der Waals surface area contributed by atoms with Gasteiger partial charge in [0.25, 0.3) is 0 Å². The maximum Gasteiger partial charge on any atom is 0.330 e. The Balaban J connectivity index is 1.85. The summed E-state index contributed by atoms with van der Waals surface area (Å²) in [5.74, 6) is 1.01. The Kier molecular flexibility index (Phi) is 8.52. The first kappa shape index (κ1) is 22.6. The van der Waals surface area contributed by atoms with Gasteiger partial charge in [-0.2, -0.15) is 0 Å². The smallest absolute Gasteiger partial charge is 0.330 e. The molecular formula is C25H32N2O2S. The molecule has 1 saturated carbocycles. The van der Waals surface area contributed by atoms with E-state index in [4.69, 9.17) is 9.72 Å². The first-order chi connectivity index (χ1) is 14.6. The second-order valence-corrected chi connectivity index (χ2v) is 9.05. The molecule has 0 spiro atoms. The zero-order valence-corrected chi connectivity index (χ0v) is 19.0. The van der Waals surface area contributed by atoms with Gasteiger partial charge in [0.05, 0.1) is 11.8 Å². The third-order valence-electron chi connectivity index (χ3n) is 5.28. The minimum atomic E-state index is -0.236. The van der Waals surface area contributed by atoms with Crippen LogP contribution >= 0.6 is 11.9 Å². The van der Waals surface area contributed by atoms with Crippen LogP contribution in [0.5, 0.6) is 0 Å². The van der Waals surface area contributed by atoms with Crippen molar-refractivity contribution in [3.8, 4) is 11.3 Å². The molecule has 1 aliphatic rings. The van der Waals surface area contributed by atoms with Crippen LogP contribution in [0.1, 0.15) is 45.7 Å². The number of pyridine rings is 1. The number of benzene rings is 1. The fourth-order valence-corrected chi connectivity index (χ4v) is 4.62. The molecule has 1 heterocycles. The molecule has 0 radical (unpaired) electrons. The van der Waals surface area contributed by atoms with Gasteiger partial charge in [-0.1, -0.05) is 60.8 Å². The fraction of sp³-hybridized carbons (Fsp3) is 0.440. The summed E-state index contributed by atoms with van der Waals surface area (Å²) in [5.41, 5.74) is 4.34. The van der Waals surface area contributed by atoms with Crippen molar-refractivity contribution in [2.45, 2.75) is 58.6 Å². The van der Waals surface area contributed by atoms with Gasteiger partial charge in [0.1, 0.15) is 0 Å². The molecule has 3 rings (SSSR count). The van der Waals surface area contributed by atoms with Crippen molar-refractivity contribution >= 4 is 17.9 Å². The average molecular weight is 425 g/mol. The maximum atomic E-state index is 12.3. The van der Waals surface area contributed by atoms with Gasteiger partial charge in [0.15, 0.2) is 0 Å². The molecule has 5 heteroatoms. The molecule has 1 aromatic heterocycles. The van der Waals surface area contributed by atoms with Crippen molar-refractivity contribution in [3.05, 3.63) is 65.9 Å². The van der Waals surface area contributed by atoms with Crippen LogP contribution < -0.4 is 4.72 Å². The molecule has 1 fully saturated rings. The summed E-state index contributed by atoms with van der Waals surface area (Å²) in [7, 11) is 0. The second kappa shape index (κ2) is 11.3. The second-order valence-electron chi connectivity index (χ2n) is 7.95. The minimum absolute atomic E-state index is 0.106. The number of aromatic nitrogens is 1. The molecule has 1 N–H and O–H groups in total. The first-order valence-corrected chi connectivity index (χ1v) is 11.8. The van der Waals surface area contributed by atoms with Crippen LogP contribution in [0, 0.1) is 5.92 Å². The largest absolute Gasteiger partial charge is 0.460 e. The Morgan fingerprint density at radius 2 is 2.03 bits per heavy atom. The normalized spacial score (nSPS) is 20.5. The Labute approximate surface area is 184 Å². The Bertz CT molecular complexity index is 851. The van der Waals surface area contributed by atoms with Gasteiger partial charge in [0, 0.05) is 35.0 Å². The number of carbonyl (C=O) groups excluding carboxylic acids is 1. The van der Waals surface area contributed by atoms with E-state index < -0.39 is 0 Å². The number of hydrogen-bond donors (Lipinski definition) is 1. The van der Waals surface area contributed by atoms with Crippen LogP contribution in [0.2, 0.25) is 0 Å². The van der Waals surface area contributed by atoms with Crippen molar-refractivity contribution in [2.75, 3.05) is 5.75 Å². The van der Waals surface area contributed by atoms with Crippen LogP contribution in [-0.2, 0) is 16.0 Å². The van der Waals surface area contributed by atoms with E-state index in [0.29, 0.717) is 6.04 Å². The molecule has 0 bridgehead atoms. The lowest BCUT2D eigenvalue weighted by Gasteiger charge is -2.34. The zero-order chi connectivity index (χ0) is 21.3. The van der Waals surface area contributed by atoms with E-state index in [-0.39, 0.29) is 18.0 Å². The van der Waals surface area contributed by atoms with Crippen LogP contribution in [0.15, 0.2) is 60.2 Å². The highest BCUT2D eigenvalue weighted by atomic mass is 32.2. The summed E-state index contributed by atoms with van der Waals surface area (Å²) in [6, 6.07) is 16.8. The number of ether oxygens (including phenoxy) is 1. The Morgan fingerprint density at radius 1 is 1.23 bits per heavy atom. The maximum absolute atomic E-state index is 12.3. The van der Waals surface area contributed by atoms with Gasteiger partial charge in [-0.15, -0.1) is 0 Å². The molecule has 2 unspecified atom stereocenters. The third-order valence-corrected chi connectivity index (χ3v) is 6.04. The molecule has 160 valence electrons. The van der Waals surface area contributed by atoms with Crippen molar-refractivity contribution < 1.29 is 9.53 Å². The monoisotopic (exact) mass is 424 g/mol. The topological polar surface area (TPSA) is 51.2 Å². The van der Waals surface area contributed by atoms with Gasteiger partial charge in [-0.3, -0.25) is 9.71 Å². The summed E-state index contributed by atoms with van der Waals surface area (Å²) in [5, 5.41) is 0. The number of carbonyl (C=O) groups is 1. The van der Waals surface area contributed by atoms with Crippen LogP contribution in [0.3, 0.4) is 0 Å². The molecule has 1 aliphatic carbocycles. The lowest BCUT2D eigenvalue weighted by Crippen LogP contribution is -2.38. The fourth-order valence-electron chi connectivity index (χ4n) is 3.96. The van der Waals surface area contributed by atoms with Crippen molar-refractivity contribution in [1.29, 1.82) is 0 Å². The molecule has 0 amide bonds. The summed E-state index contributed by atoms with van der Waals surface area (Å²) >= 11 is 1.75. The lowest BCUT2D eigenvalue weighted by molar-refractivity contribution is -0.141. The number of hydrogen-bond acceptors (Lipinski definition) is 5. The van der Waals surface area contributed by atoms with E-state index >= 15 is 0 Å². The number of nitrogens with one attached hydrogen (secondary N) is 1. The van der Waals surface area contributed by atoms with E-state index in [1.54, 1.807) is 18.0 Å². The van der Waals surface area contributed by atoms with Crippen LogP contribution in [-0.4, -0.2) is 28.9 Å². The molecule has 0 saturated heterocycles. The first-order valence-electron chi connectivity index (χ1n) is 10.9. The predicted molar refractivity (Wildman–Crippen MR) is 125 cm³/mol. The summed E-state index contributed by atoms with van der Waals surface area (Å²) < 4.78 is 9.02. The zero-order valence-electron chi connectivity index (χ0n) is 18.1. The average Bonchev–Trinajstić information content (AvgIpc) is 2.74. The van der Waals surface area contributed by atoms with E-state index in [9.17, 15) is 4.79 Å². The van der Waals surface area contributed by atoms with E-state index in [1.165, 1.54) is 5.57 Å². The predicted octanol–water partition coefficient (Wildman–Crippen LogP) is 5.60. The van der Waals surface area contributed by atoms with Gasteiger partial charge < -0.3 is 4.74 Å². The van der Waals surface area contributed by atoms with E-state index in [2.05, 4.69) is 42.0 Å². The number of nitrogens with zero attached hydrogens (tertiary/aromatic N) is 1. The summed E-state index contributed by atoms with van der Waals surface area (Å²) in [6.07, 6.45) is 5.55. The van der Waals surface area contributed by atoms with Crippen molar-refractivity contribution in [3.63, 3.8) is 0 Å². The van der Waals surface area contributed by atoms with Gasteiger partial charge >= 0.3 is 5.97 Å². The van der Waals surface area contributed by atoms with Crippen LogP contribution in [0.25, 0.3) is 11.3 Å². The summed E-state index contributed by atoms with van der Waals surface area (Å²) in [4.78, 5) is 17.3. The highest BCUT2D eigenvalue weighted by molar-refractivity contribution is 7.97. The number of rotatable bonds is 8. The Morgan fingerprint density at radius 3 is 2.77 bits per heavy atom. The van der Waals surface area contributed by atoms with Gasteiger partial charge in [0.2, 0.25) is 0 Å². The lowest BCUT2D eigenvalue weighted by atomic mass is 9.78. The van der Waals surface area contributed by atoms with Crippen molar-refractivity contribution in [2.24, 2.45) is 5.92 Å². The molecule has 30 heavy (non-hydrogen) atoms. The molecule has 1 aromatic carbocycles. The SMILES string of the molecule is CCSNC1CCC/C(=C/C(=O)OC(C)C)C1Cc1cccc(-c2ccccc2)n1.